The van der Waals surface area contributed by atoms with Crippen molar-refractivity contribution in [1.82, 2.24) is 5.32 Å². The molecule has 0 spiro atoms. The highest BCUT2D eigenvalue weighted by molar-refractivity contribution is 5.86. The first kappa shape index (κ1) is 22.0. The standard InChI is InChI=1S/C20H26N2O3.ClH/c1-20(21,17-7-4-3-5-8-17)19(23)22-13-6-14-25-15-16-9-11-18(24-2)12-10-16;/h3-5,7-12H,6,13-15,21H2,1-2H3,(H,22,23);1H. The maximum atomic E-state index is 12.3. The van der Waals surface area contributed by atoms with Gasteiger partial charge in [0, 0.05) is 13.2 Å². The third kappa shape index (κ3) is 6.33. The molecule has 0 fully saturated rings. The number of carbonyl (C=O) groups excluding carboxylic acids is 1. The van der Waals surface area contributed by atoms with Crippen molar-refractivity contribution < 1.29 is 14.3 Å². The molecule has 2 aromatic carbocycles. The fraction of sp³-hybridized carbons (Fsp3) is 0.350. The Hall–Kier alpha value is -2.08. The van der Waals surface area contributed by atoms with E-state index < -0.39 is 5.54 Å². The van der Waals surface area contributed by atoms with Crippen molar-refractivity contribution in [1.29, 1.82) is 0 Å². The molecule has 142 valence electrons. The lowest BCUT2D eigenvalue weighted by molar-refractivity contribution is -0.126. The second-order valence-corrected chi connectivity index (χ2v) is 6.08. The topological polar surface area (TPSA) is 73.6 Å². The Morgan fingerprint density at radius 3 is 2.38 bits per heavy atom. The molecule has 1 unspecified atom stereocenters. The molecule has 0 aliphatic carbocycles. The number of nitrogens with one attached hydrogen (secondary N) is 1. The number of ether oxygens (including phenoxy) is 2. The molecule has 2 rings (SSSR count). The molecule has 0 heterocycles. The fourth-order valence-corrected chi connectivity index (χ4v) is 2.39. The van der Waals surface area contributed by atoms with Gasteiger partial charge in [-0.05, 0) is 36.6 Å². The van der Waals surface area contributed by atoms with Crippen molar-refractivity contribution in [3.8, 4) is 5.75 Å². The Bertz CT molecular complexity index is 661. The van der Waals surface area contributed by atoms with Gasteiger partial charge in [-0.2, -0.15) is 0 Å². The number of hydrogen-bond donors (Lipinski definition) is 2. The van der Waals surface area contributed by atoms with Gasteiger partial charge in [-0.25, -0.2) is 0 Å². The molecule has 0 aromatic heterocycles. The molecule has 3 N–H and O–H groups in total. The minimum Gasteiger partial charge on any atom is -0.497 e. The zero-order chi connectivity index (χ0) is 18.1. The quantitative estimate of drug-likeness (QED) is 0.658. The monoisotopic (exact) mass is 378 g/mol. The van der Waals surface area contributed by atoms with E-state index in [-0.39, 0.29) is 18.3 Å². The van der Waals surface area contributed by atoms with Gasteiger partial charge < -0.3 is 20.5 Å². The van der Waals surface area contributed by atoms with Crippen LogP contribution in [0.25, 0.3) is 0 Å². The average Bonchev–Trinajstić information content (AvgIpc) is 2.65. The second-order valence-electron chi connectivity index (χ2n) is 6.08. The summed E-state index contributed by atoms with van der Waals surface area (Å²) in [4.78, 5) is 12.3. The van der Waals surface area contributed by atoms with Gasteiger partial charge in [-0.1, -0.05) is 42.5 Å². The van der Waals surface area contributed by atoms with Gasteiger partial charge in [-0.3, -0.25) is 4.79 Å². The summed E-state index contributed by atoms with van der Waals surface area (Å²) in [6.07, 6.45) is 0.729. The van der Waals surface area contributed by atoms with Crippen LogP contribution in [-0.4, -0.2) is 26.2 Å². The SMILES string of the molecule is COc1ccc(COCCCNC(=O)C(C)(N)c2ccccc2)cc1.Cl. The number of methoxy groups -OCH3 is 1. The van der Waals surface area contributed by atoms with Gasteiger partial charge >= 0.3 is 0 Å². The van der Waals surface area contributed by atoms with Crippen LogP contribution in [0.2, 0.25) is 0 Å². The number of benzene rings is 2. The van der Waals surface area contributed by atoms with Crippen molar-refractivity contribution >= 4 is 18.3 Å². The van der Waals surface area contributed by atoms with Crippen LogP contribution in [0.4, 0.5) is 0 Å². The molecule has 0 bridgehead atoms. The molecule has 0 aliphatic heterocycles. The van der Waals surface area contributed by atoms with Gasteiger partial charge in [0.15, 0.2) is 0 Å². The molecule has 1 atom stereocenters. The summed E-state index contributed by atoms with van der Waals surface area (Å²) >= 11 is 0. The zero-order valence-electron chi connectivity index (χ0n) is 15.2. The molecule has 26 heavy (non-hydrogen) atoms. The Labute approximate surface area is 161 Å². The van der Waals surface area contributed by atoms with Crippen LogP contribution in [0.3, 0.4) is 0 Å². The summed E-state index contributed by atoms with van der Waals surface area (Å²) in [6, 6.07) is 17.1. The van der Waals surface area contributed by atoms with Gasteiger partial charge in [0.05, 0.1) is 13.7 Å². The van der Waals surface area contributed by atoms with Crippen LogP contribution in [0.15, 0.2) is 54.6 Å². The molecule has 0 radical (unpaired) electrons. The Morgan fingerprint density at radius 1 is 1.12 bits per heavy atom. The molecule has 6 heteroatoms. The highest BCUT2D eigenvalue weighted by Crippen LogP contribution is 2.17. The van der Waals surface area contributed by atoms with Crippen LogP contribution < -0.4 is 15.8 Å². The van der Waals surface area contributed by atoms with Gasteiger partial charge in [0.1, 0.15) is 11.3 Å². The average molecular weight is 379 g/mol. The van der Waals surface area contributed by atoms with Crippen molar-refractivity contribution in [3.63, 3.8) is 0 Å². The van der Waals surface area contributed by atoms with Gasteiger partial charge in [-0.15, -0.1) is 12.4 Å². The molecule has 0 saturated carbocycles. The van der Waals surface area contributed by atoms with Gasteiger partial charge in [0.2, 0.25) is 5.91 Å². The van der Waals surface area contributed by atoms with Gasteiger partial charge in [0.25, 0.3) is 0 Å². The van der Waals surface area contributed by atoms with E-state index in [9.17, 15) is 4.79 Å². The van der Waals surface area contributed by atoms with Crippen molar-refractivity contribution in [2.24, 2.45) is 5.73 Å². The molecule has 0 aliphatic rings. The largest absolute Gasteiger partial charge is 0.497 e. The summed E-state index contributed by atoms with van der Waals surface area (Å²) in [5, 5.41) is 2.87. The lowest BCUT2D eigenvalue weighted by Crippen LogP contribution is -2.49. The maximum absolute atomic E-state index is 12.3. The van der Waals surface area contributed by atoms with Crippen LogP contribution in [-0.2, 0) is 21.7 Å². The number of rotatable bonds is 9. The second kappa shape index (κ2) is 10.8. The third-order valence-electron chi connectivity index (χ3n) is 4.02. The summed E-state index contributed by atoms with van der Waals surface area (Å²) in [5.74, 6) is 0.642. The number of halogens is 1. The summed E-state index contributed by atoms with van der Waals surface area (Å²) < 4.78 is 10.7. The number of carbonyl (C=O) groups is 1. The number of amides is 1. The predicted octanol–water partition coefficient (Wildman–Crippen LogP) is 3.01. The molecule has 1 amide bonds. The lowest BCUT2D eigenvalue weighted by Gasteiger charge is -2.24. The summed E-state index contributed by atoms with van der Waals surface area (Å²) in [5.41, 5.74) is 7.01. The Morgan fingerprint density at radius 2 is 1.77 bits per heavy atom. The lowest BCUT2D eigenvalue weighted by atomic mass is 9.92. The normalized spacial score (nSPS) is 12.6. The van der Waals surface area contributed by atoms with E-state index >= 15 is 0 Å². The molecular weight excluding hydrogens is 352 g/mol. The van der Waals surface area contributed by atoms with E-state index in [1.54, 1.807) is 14.0 Å². The number of nitrogens with two attached hydrogens (primary N) is 1. The third-order valence-corrected chi connectivity index (χ3v) is 4.02. The minimum atomic E-state index is -1.04. The van der Waals surface area contributed by atoms with Crippen molar-refractivity contribution in [2.75, 3.05) is 20.3 Å². The van der Waals surface area contributed by atoms with Crippen LogP contribution in [0, 0.1) is 0 Å². The van der Waals surface area contributed by atoms with E-state index in [1.807, 2.05) is 54.6 Å². The first-order valence-electron chi connectivity index (χ1n) is 8.37. The molecule has 5 nitrogen and oxygen atoms in total. The smallest absolute Gasteiger partial charge is 0.244 e. The highest BCUT2D eigenvalue weighted by atomic mass is 35.5. The Kier molecular flexibility index (Phi) is 9.13. The minimum absolute atomic E-state index is 0. The molecular formula is C20H27ClN2O3. The highest BCUT2D eigenvalue weighted by Gasteiger charge is 2.29. The number of hydrogen-bond acceptors (Lipinski definition) is 4. The van der Waals surface area contributed by atoms with Crippen molar-refractivity contribution in [3.05, 3.63) is 65.7 Å². The Balaban J connectivity index is 0.00000338. The zero-order valence-corrected chi connectivity index (χ0v) is 16.1. The van der Waals surface area contributed by atoms with Crippen LogP contribution in [0.1, 0.15) is 24.5 Å². The van der Waals surface area contributed by atoms with E-state index in [2.05, 4.69) is 5.32 Å². The van der Waals surface area contributed by atoms with E-state index in [0.29, 0.717) is 19.8 Å². The van der Waals surface area contributed by atoms with E-state index in [0.717, 1.165) is 23.3 Å². The summed E-state index contributed by atoms with van der Waals surface area (Å²) in [7, 11) is 1.64. The predicted molar refractivity (Wildman–Crippen MR) is 106 cm³/mol. The first-order chi connectivity index (χ1) is 12.0. The van der Waals surface area contributed by atoms with Crippen molar-refractivity contribution in [2.45, 2.75) is 25.5 Å². The maximum Gasteiger partial charge on any atom is 0.244 e. The fourth-order valence-electron chi connectivity index (χ4n) is 2.39. The summed E-state index contributed by atoms with van der Waals surface area (Å²) in [6.45, 7) is 3.36. The molecule has 2 aromatic rings. The van der Waals surface area contributed by atoms with E-state index in [4.69, 9.17) is 15.2 Å². The van der Waals surface area contributed by atoms with Crippen LogP contribution >= 0.6 is 12.4 Å². The van der Waals surface area contributed by atoms with Crippen LogP contribution in [0.5, 0.6) is 5.75 Å². The first-order valence-corrected chi connectivity index (χ1v) is 8.37. The van der Waals surface area contributed by atoms with E-state index in [1.165, 1.54) is 0 Å². The molecule has 0 saturated heterocycles.